The molecule has 1 aliphatic rings. The SMILES string of the molecule is CCOc1ccc(Cl)c(C(=O)NC2(c3nc(C(C)C)no3)CCOCC2)n1. The number of hydrogen-bond acceptors (Lipinski definition) is 7. The number of nitrogens with zero attached hydrogens (tertiary/aromatic N) is 3. The second kappa shape index (κ2) is 8.22. The van der Waals surface area contributed by atoms with Gasteiger partial charge in [0.1, 0.15) is 5.54 Å². The summed E-state index contributed by atoms with van der Waals surface area (Å²) in [5.41, 5.74) is -0.723. The third-order valence-electron chi connectivity index (χ3n) is 4.39. The van der Waals surface area contributed by atoms with E-state index in [1.165, 1.54) is 0 Å². The van der Waals surface area contributed by atoms with Gasteiger partial charge in [0.05, 0.1) is 11.6 Å². The normalized spacial score (nSPS) is 16.3. The maximum atomic E-state index is 13.0. The summed E-state index contributed by atoms with van der Waals surface area (Å²) in [5, 5.41) is 7.28. The van der Waals surface area contributed by atoms with E-state index >= 15 is 0 Å². The lowest BCUT2D eigenvalue weighted by molar-refractivity contribution is 0.0220. The lowest BCUT2D eigenvalue weighted by atomic mass is 9.89. The molecule has 0 atom stereocenters. The quantitative estimate of drug-likeness (QED) is 0.803. The van der Waals surface area contributed by atoms with Crippen LogP contribution in [0, 0.1) is 0 Å². The van der Waals surface area contributed by atoms with E-state index in [1.54, 1.807) is 12.1 Å². The van der Waals surface area contributed by atoms with Crippen LogP contribution in [0.4, 0.5) is 0 Å². The largest absolute Gasteiger partial charge is 0.478 e. The third kappa shape index (κ3) is 4.22. The molecule has 1 aliphatic heterocycles. The van der Waals surface area contributed by atoms with Gasteiger partial charge in [0.2, 0.25) is 5.88 Å². The van der Waals surface area contributed by atoms with Gasteiger partial charge in [-0.25, -0.2) is 4.98 Å². The summed E-state index contributed by atoms with van der Waals surface area (Å²) in [6.45, 7) is 7.19. The number of hydrogen-bond donors (Lipinski definition) is 1. The van der Waals surface area contributed by atoms with Crippen molar-refractivity contribution in [1.29, 1.82) is 0 Å². The number of rotatable bonds is 6. The summed E-state index contributed by atoms with van der Waals surface area (Å²) in [7, 11) is 0. The van der Waals surface area contributed by atoms with E-state index in [2.05, 4.69) is 20.4 Å². The molecule has 0 spiro atoms. The lowest BCUT2D eigenvalue weighted by Gasteiger charge is -2.34. The number of aromatic nitrogens is 3. The molecule has 3 heterocycles. The molecule has 3 rings (SSSR count). The van der Waals surface area contributed by atoms with Gasteiger partial charge in [-0.2, -0.15) is 4.98 Å². The highest BCUT2D eigenvalue weighted by Gasteiger charge is 2.42. The summed E-state index contributed by atoms with van der Waals surface area (Å²) < 4.78 is 16.3. The van der Waals surface area contributed by atoms with Crippen LogP contribution in [0.15, 0.2) is 16.7 Å². The fraction of sp³-hybridized carbons (Fsp3) is 0.556. The van der Waals surface area contributed by atoms with E-state index < -0.39 is 11.4 Å². The van der Waals surface area contributed by atoms with Crippen molar-refractivity contribution in [2.75, 3.05) is 19.8 Å². The summed E-state index contributed by atoms with van der Waals surface area (Å²) in [6, 6.07) is 3.22. The molecule has 0 aliphatic carbocycles. The summed E-state index contributed by atoms with van der Waals surface area (Å²) >= 11 is 6.19. The predicted molar refractivity (Wildman–Crippen MR) is 98.0 cm³/mol. The van der Waals surface area contributed by atoms with Crippen LogP contribution in [-0.4, -0.2) is 40.9 Å². The maximum Gasteiger partial charge on any atom is 0.272 e. The Balaban J connectivity index is 1.90. The summed E-state index contributed by atoms with van der Waals surface area (Å²) in [4.78, 5) is 21.7. The van der Waals surface area contributed by atoms with Crippen molar-refractivity contribution < 1.29 is 18.8 Å². The van der Waals surface area contributed by atoms with Crippen LogP contribution in [0.1, 0.15) is 61.7 Å². The van der Waals surface area contributed by atoms with Gasteiger partial charge in [-0.05, 0) is 13.0 Å². The Labute approximate surface area is 162 Å². The van der Waals surface area contributed by atoms with Crippen LogP contribution in [0.2, 0.25) is 5.02 Å². The second-order valence-corrected chi connectivity index (χ2v) is 7.08. The monoisotopic (exact) mass is 394 g/mol. The zero-order valence-corrected chi connectivity index (χ0v) is 16.4. The predicted octanol–water partition coefficient (Wildman–Crippen LogP) is 3.08. The molecule has 2 aromatic rings. The Morgan fingerprint density at radius 3 is 2.70 bits per heavy atom. The van der Waals surface area contributed by atoms with Gasteiger partial charge in [0.25, 0.3) is 11.8 Å². The Morgan fingerprint density at radius 2 is 2.07 bits per heavy atom. The Hall–Kier alpha value is -2.19. The van der Waals surface area contributed by atoms with Crippen molar-refractivity contribution in [2.24, 2.45) is 0 Å². The van der Waals surface area contributed by atoms with Crippen LogP contribution >= 0.6 is 11.6 Å². The molecule has 0 saturated carbocycles. The molecule has 0 bridgehead atoms. The standard InChI is InChI=1S/C18H23ClN4O4/c1-4-26-13-6-5-12(19)14(20-13)16(24)22-18(7-9-25-10-8-18)17-21-15(11(2)3)23-27-17/h5-6,11H,4,7-10H2,1-3H3,(H,22,24). The number of pyridine rings is 1. The molecule has 146 valence electrons. The fourth-order valence-electron chi connectivity index (χ4n) is 2.86. The average molecular weight is 395 g/mol. The Bertz CT molecular complexity index is 802. The molecule has 9 heteroatoms. The highest BCUT2D eigenvalue weighted by molar-refractivity contribution is 6.33. The fourth-order valence-corrected chi connectivity index (χ4v) is 3.06. The smallest absolute Gasteiger partial charge is 0.272 e. The van der Waals surface area contributed by atoms with Gasteiger partial charge >= 0.3 is 0 Å². The van der Waals surface area contributed by atoms with Crippen LogP contribution < -0.4 is 10.1 Å². The summed E-state index contributed by atoms with van der Waals surface area (Å²) in [6.07, 6.45) is 1.03. The highest BCUT2D eigenvalue weighted by atomic mass is 35.5. The molecule has 1 N–H and O–H groups in total. The number of ether oxygens (including phenoxy) is 2. The highest BCUT2D eigenvalue weighted by Crippen LogP contribution is 2.32. The van der Waals surface area contributed by atoms with Gasteiger partial charge in [0, 0.05) is 38.0 Å². The molecule has 1 fully saturated rings. The van der Waals surface area contributed by atoms with Crippen molar-refractivity contribution in [3.8, 4) is 5.88 Å². The molecule has 1 saturated heterocycles. The van der Waals surface area contributed by atoms with Gasteiger partial charge in [-0.15, -0.1) is 0 Å². The van der Waals surface area contributed by atoms with Crippen LogP contribution in [0.25, 0.3) is 0 Å². The molecule has 1 amide bonds. The van der Waals surface area contributed by atoms with Crippen molar-refractivity contribution in [3.63, 3.8) is 0 Å². The molecule has 2 aromatic heterocycles. The zero-order valence-electron chi connectivity index (χ0n) is 15.6. The first-order valence-electron chi connectivity index (χ1n) is 8.99. The van der Waals surface area contributed by atoms with E-state index in [1.807, 2.05) is 20.8 Å². The minimum absolute atomic E-state index is 0.0945. The number of nitrogens with one attached hydrogen (secondary N) is 1. The maximum absolute atomic E-state index is 13.0. The van der Waals surface area contributed by atoms with Crippen molar-refractivity contribution >= 4 is 17.5 Å². The van der Waals surface area contributed by atoms with Crippen LogP contribution in [0.3, 0.4) is 0 Å². The van der Waals surface area contributed by atoms with E-state index in [9.17, 15) is 4.79 Å². The van der Waals surface area contributed by atoms with E-state index in [4.69, 9.17) is 25.6 Å². The molecular weight excluding hydrogens is 372 g/mol. The second-order valence-electron chi connectivity index (χ2n) is 6.67. The zero-order chi connectivity index (χ0) is 19.4. The molecule has 0 aromatic carbocycles. The molecule has 0 radical (unpaired) electrons. The van der Waals surface area contributed by atoms with Crippen LogP contribution in [-0.2, 0) is 10.3 Å². The first-order chi connectivity index (χ1) is 12.9. The number of carbonyl (C=O) groups excluding carboxylic acids is 1. The molecule has 27 heavy (non-hydrogen) atoms. The Morgan fingerprint density at radius 1 is 1.33 bits per heavy atom. The minimum Gasteiger partial charge on any atom is -0.478 e. The first kappa shape index (κ1) is 19.6. The van der Waals surface area contributed by atoms with E-state index in [0.717, 1.165) is 0 Å². The topological polar surface area (TPSA) is 99.4 Å². The van der Waals surface area contributed by atoms with Gasteiger partial charge in [-0.3, -0.25) is 4.79 Å². The summed E-state index contributed by atoms with van der Waals surface area (Å²) in [5.74, 6) is 1.01. The van der Waals surface area contributed by atoms with Gasteiger partial charge < -0.3 is 19.3 Å². The van der Waals surface area contributed by atoms with Gasteiger partial charge in [-0.1, -0.05) is 30.6 Å². The molecule has 0 unspecified atom stereocenters. The third-order valence-corrected chi connectivity index (χ3v) is 4.70. The van der Waals surface area contributed by atoms with E-state index in [0.29, 0.717) is 50.3 Å². The lowest BCUT2D eigenvalue weighted by Crippen LogP contribution is -2.50. The van der Waals surface area contributed by atoms with Gasteiger partial charge in [0.15, 0.2) is 11.5 Å². The molecular formula is C18H23ClN4O4. The minimum atomic E-state index is -0.817. The average Bonchev–Trinajstić information content (AvgIpc) is 3.15. The molecule has 8 nitrogen and oxygen atoms in total. The van der Waals surface area contributed by atoms with E-state index in [-0.39, 0.29) is 16.6 Å². The van der Waals surface area contributed by atoms with Crippen molar-refractivity contribution in [1.82, 2.24) is 20.4 Å². The van der Waals surface area contributed by atoms with Crippen molar-refractivity contribution in [2.45, 2.75) is 45.1 Å². The first-order valence-corrected chi connectivity index (χ1v) is 9.36. The Kier molecular flexibility index (Phi) is 5.96. The van der Waals surface area contributed by atoms with Crippen LogP contribution in [0.5, 0.6) is 5.88 Å². The van der Waals surface area contributed by atoms with Crippen molar-refractivity contribution in [3.05, 3.63) is 34.6 Å². The number of halogens is 1. The number of carbonyl (C=O) groups is 1. The number of amides is 1.